The largest absolute Gasteiger partial charge is 0.507 e. The molecule has 0 aliphatic rings. The number of hydrogen-bond donors (Lipinski definition) is 1. The summed E-state index contributed by atoms with van der Waals surface area (Å²) in [5.41, 5.74) is -0.00589. The number of non-ortho nitro benzene ring substituents is 2. The summed E-state index contributed by atoms with van der Waals surface area (Å²) in [5, 5.41) is 32.6. The van der Waals surface area contributed by atoms with Crippen LogP contribution in [0.2, 0.25) is 0 Å². The van der Waals surface area contributed by atoms with E-state index >= 15 is 0 Å². The molecule has 7 nitrogen and oxygen atoms in total. The maximum atomic E-state index is 11.2. The Morgan fingerprint density at radius 2 is 1.81 bits per heavy atom. The molecule has 0 bridgehead atoms. The van der Waals surface area contributed by atoms with Gasteiger partial charge in [-0.2, -0.15) is 0 Å². The number of phenols is 1. The van der Waals surface area contributed by atoms with Crippen LogP contribution in [0.5, 0.6) is 5.75 Å². The third kappa shape index (κ3) is 2.49. The monoisotopic (exact) mass is 290 g/mol. The van der Waals surface area contributed by atoms with Crippen molar-refractivity contribution in [2.45, 2.75) is 26.2 Å². The molecule has 0 aliphatic heterocycles. The van der Waals surface area contributed by atoms with Gasteiger partial charge in [0, 0.05) is 29.1 Å². The van der Waals surface area contributed by atoms with Gasteiger partial charge in [0.1, 0.15) is 5.75 Å². The van der Waals surface area contributed by atoms with Crippen LogP contribution in [-0.4, -0.2) is 15.0 Å². The lowest BCUT2D eigenvalue weighted by Gasteiger charge is -2.13. The van der Waals surface area contributed by atoms with Crippen LogP contribution in [0.3, 0.4) is 0 Å². The second kappa shape index (κ2) is 5.35. The number of nitro benzene ring substituents is 2. The molecule has 0 spiro atoms. The maximum absolute atomic E-state index is 11.2. The summed E-state index contributed by atoms with van der Waals surface area (Å²) in [7, 11) is 0. The minimum atomic E-state index is -0.622. The summed E-state index contributed by atoms with van der Waals surface area (Å²) in [4.78, 5) is 20.8. The Morgan fingerprint density at radius 3 is 2.33 bits per heavy atom. The third-order valence-electron chi connectivity index (χ3n) is 3.65. The van der Waals surface area contributed by atoms with Crippen molar-refractivity contribution >= 4 is 22.1 Å². The molecule has 0 amide bonds. The highest BCUT2D eigenvalue weighted by molar-refractivity contribution is 5.97. The van der Waals surface area contributed by atoms with E-state index in [4.69, 9.17) is 0 Å². The van der Waals surface area contributed by atoms with Crippen molar-refractivity contribution in [1.29, 1.82) is 0 Å². The van der Waals surface area contributed by atoms with Gasteiger partial charge in [-0.05, 0) is 18.4 Å². The van der Waals surface area contributed by atoms with Crippen LogP contribution in [0.1, 0.15) is 31.7 Å². The van der Waals surface area contributed by atoms with Crippen molar-refractivity contribution < 1.29 is 15.0 Å². The van der Waals surface area contributed by atoms with E-state index in [1.807, 2.05) is 13.8 Å². The normalized spacial score (nSPS) is 12.3. The highest BCUT2D eigenvalue weighted by Gasteiger charge is 2.23. The molecule has 2 aromatic rings. The molecule has 0 saturated carbocycles. The number of fused-ring (bicyclic) bond motifs is 1. The van der Waals surface area contributed by atoms with E-state index < -0.39 is 9.85 Å². The Hall–Kier alpha value is -2.70. The fourth-order valence-corrected chi connectivity index (χ4v) is 2.26. The second-order valence-electron chi connectivity index (χ2n) is 4.89. The zero-order chi connectivity index (χ0) is 15.7. The van der Waals surface area contributed by atoms with Gasteiger partial charge in [0.15, 0.2) is 0 Å². The van der Waals surface area contributed by atoms with Crippen LogP contribution in [0.4, 0.5) is 11.4 Å². The molecule has 7 heteroatoms. The molecule has 0 heterocycles. The molecule has 21 heavy (non-hydrogen) atoms. The van der Waals surface area contributed by atoms with Crippen molar-refractivity contribution in [3.05, 3.63) is 50.1 Å². The molecule has 110 valence electrons. The minimum absolute atomic E-state index is 0.0525. The Morgan fingerprint density at radius 1 is 1.14 bits per heavy atom. The molecule has 1 atom stereocenters. The topological polar surface area (TPSA) is 107 Å². The minimum Gasteiger partial charge on any atom is -0.507 e. The second-order valence-corrected chi connectivity index (χ2v) is 4.89. The average molecular weight is 290 g/mol. The zero-order valence-electron chi connectivity index (χ0n) is 11.6. The van der Waals surface area contributed by atoms with Gasteiger partial charge in [0.2, 0.25) is 0 Å². The highest BCUT2D eigenvalue weighted by atomic mass is 16.6. The van der Waals surface area contributed by atoms with Crippen molar-refractivity contribution in [2.24, 2.45) is 0 Å². The van der Waals surface area contributed by atoms with Gasteiger partial charge in [0.25, 0.3) is 11.4 Å². The van der Waals surface area contributed by atoms with Crippen LogP contribution >= 0.6 is 0 Å². The van der Waals surface area contributed by atoms with Crippen LogP contribution in [0.15, 0.2) is 24.3 Å². The van der Waals surface area contributed by atoms with E-state index in [9.17, 15) is 25.3 Å². The van der Waals surface area contributed by atoms with Crippen LogP contribution in [0, 0.1) is 20.2 Å². The van der Waals surface area contributed by atoms with Gasteiger partial charge in [-0.1, -0.05) is 13.8 Å². The Kier molecular flexibility index (Phi) is 3.75. The predicted octanol–water partition coefficient (Wildman–Crippen LogP) is 3.88. The first-order valence-electron chi connectivity index (χ1n) is 6.45. The molecule has 0 saturated heterocycles. The van der Waals surface area contributed by atoms with Crippen molar-refractivity contribution in [3.8, 4) is 5.75 Å². The summed E-state index contributed by atoms with van der Waals surface area (Å²) in [6, 6.07) is 5.00. The number of rotatable bonds is 4. The molecule has 1 N–H and O–H groups in total. The van der Waals surface area contributed by atoms with Crippen molar-refractivity contribution in [3.63, 3.8) is 0 Å². The number of benzene rings is 2. The number of aromatic hydroxyl groups is 1. The van der Waals surface area contributed by atoms with Crippen molar-refractivity contribution in [1.82, 2.24) is 0 Å². The molecule has 2 rings (SSSR count). The van der Waals surface area contributed by atoms with E-state index in [0.29, 0.717) is 12.0 Å². The van der Waals surface area contributed by atoms with Crippen LogP contribution in [-0.2, 0) is 0 Å². The SMILES string of the molecule is CCC(C)c1cc([N+](=O)[O-])c2cc([N+](=O)[O-])ccc2c1O. The molecule has 1 unspecified atom stereocenters. The lowest BCUT2D eigenvalue weighted by Crippen LogP contribution is -1.98. The van der Waals surface area contributed by atoms with Gasteiger partial charge < -0.3 is 5.11 Å². The molecule has 0 aliphatic carbocycles. The Bertz CT molecular complexity index is 742. The first kappa shape index (κ1) is 14.7. The number of hydrogen-bond acceptors (Lipinski definition) is 5. The average Bonchev–Trinajstić information content (AvgIpc) is 2.46. The van der Waals surface area contributed by atoms with Crippen LogP contribution in [0.25, 0.3) is 10.8 Å². The summed E-state index contributed by atoms with van der Waals surface area (Å²) in [6.07, 6.45) is 0.712. The first-order chi connectivity index (χ1) is 9.86. The van der Waals surface area contributed by atoms with E-state index in [2.05, 4.69) is 0 Å². The summed E-state index contributed by atoms with van der Waals surface area (Å²) < 4.78 is 0. The Labute approximate surface area is 120 Å². The fraction of sp³-hybridized carbons (Fsp3) is 0.286. The predicted molar refractivity (Wildman–Crippen MR) is 77.6 cm³/mol. The quantitative estimate of drug-likeness (QED) is 0.679. The summed E-state index contributed by atoms with van der Waals surface area (Å²) in [5.74, 6) is -0.108. The smallest absolute Gasteiger partial charge is 0.278 e. The summed E-state index contributed by atoms with van der Waals surface area (Å²) >= 11 is 0. The standard InChI is InChI=1S/C14H14N2O5/c1-3-8(2)11-7-13(16(20)21)12-6-9(15(18)19)4-5-10(12)14(11)17/h4-8,17H,3H2,1-2H3. The van der Waals surface area contributed by atoms with E-state index in [0.717, 1.165) is 6.07 Å². The van der Waals surface area contributed by atoms with Crippen LogP contribution < -0.4 is 0 Å². The van der Waals surface area contributed by atoms with Gasteiger partial charge in [0.05, 0.1) is 15.2 Å². The lowest BCUT2D eigenvalue weighted by molar-refractivity contribution is -0.386. The highest BCUT2D eigenvalue weighted by Crippen LogP contribution is 2.41. The summed E-state index contributed by atoms with van der Waals surface area (Å²) in [6.45, 7) is 3.77. The van der Waals surface area contributed by atoms with Gasteiger partial charge >= 0.3 is 0 Å². The van der Waals surface area contributed by atoms with Gasteiger partial charge in [-0.3, -0.25) is 20.2 Å². The van der Waals surface area contributed by atoms with Gasteiger partial charge in [-0.15, -0.1) is 0 Å². The molecule has 0 fully saturated rings. The third-order valence-corrected chi connectivity index (χ3v) is 3.65. The van der Waals surface area contributed by atoms with Gasteiger partial charge in [-0.25, -0.2) is 0 Å². The molecule has 0 radical (unpaired) electrons. The van der Waals surface area contributed by atoms with E-state index in [1.54, 1.807) is 0 Å². The lowest BCUT2D eigenvalue weighted by atomic mass is 9.93. The Balaban J connectivity index is 2.86. The van der Waals surface area contributed by atoms with E-state index in [-0.39, 0.29) is 33.8 Å². The van der Waals surface area contributed by atoms with E-state index in [1.165, 1.54) is 18.2 Å². The molecule has 2 aromatic carbocycles. The molecular formula is C14H14N2O5. The van der Waals surface area contributed by atoms with Crippen molar-refractivity contribution in [2.75, 3.05) is 0 Å². The number of nitrogens with zero attached hydrogens (tertiary/aromatic N) is 2. The fourth-order valence-electron chi connectivity index (χ4n) is 2.26. The molecule has 0 aromatic heterocycles. The zero-order valence-corrected chi connectivity index (χ0v) is 11.6. The number of nitro groups is 2. The molecular weight excluding hydrogens is 276 g/mol. The maximum Gasteiger partial charge on any atom is 0.278 e. The first-order valence-corrected chi connectivity index (χ1v) is 6.45. The number of phenolic OH excluding ortho intramolecular Hbond substituents is 1.